The Morgan fingerprint density at radius 2 is 2.50 bits per heavy atom. The molecule has 54 valence electrons. The van der Waals surface area contributed by atoms with E-state index < -0.39 is 0 Å². The maximum Gasteiger partial charge on any atom is 0.0988 e. The molecule has 3 aliphatic rings. The van der Waals surface area contributed by atoms with Gasteiger partial charge >= 0.3 is 0 Å². The summed E-state index contributed by atoms with van der Waals surface area (Å²) in [6.45, 7) is 2.20. The average molecular weight is 137 g/mol. The molecule has 0 saturated carbocycles. The van der Waals surface area contributed by atoms with Gasteiger partial charge in [0.2, 0.25) is 0 Å². The molecule has 2 nitrogen and oxygen atoms in total. The number of ether oxygens (including phenoxy) is 1. The van der Waals surface area contributed by atoms with Gasteiger partial charge in [-0.25, -0.2) is 0 Å². The number of rotatable bonds is 1. The van der Waals surface area contributed by atoms with Crippen molar-refractivity contribution in [2.45, 2.75) is 12.5 Å². The molecule has 0 radical (unpaired) electrons. The fourth-order valence-corrected chi connectivity index (χ4v) is 1.92. The van der Waals surface area contributed by atoms with Crippen molar-refractivity contribution in [3.05, 3.63) is 11.8 Å². The quantitative estimate of drug-likeness (QED) is 0.534. The molecule has 2 aliphatic heterocycles. The minimum Gasteiger partial charge on any atom is -0.497 e. The van der Waals surface area contributed by atoms with Crippen molar-refractivity contribution in [3.63, 3.8) is 0 Å². The number of hydrogen-bond donors (Lipinski definition) is 1. The summed E-state index contributed by atoms with van der Waals surface area (Å²) in [4.78, 5) is 0. The molecule has 0 aromatic rings. The number of nitrogens with one attached hydrogen (secondary N) is 1. The lowest BCUT2D eigenvalue weighted by atomic mass is 9.99. The predicted molar refractivity (Wildman–Crippen MR) is 37.4 cm³/mol. The second kappa shape index (κ2) is 1.56. The van der Waals surface area contributed by atoms with Gasteiger partial charge in [-0.3, -0.25) is 0 Å². The van der Waals surface area contributed by atoms with Crippen molar-refractivity contribution >= 4 is 0 Å². The van der Waals surface area contributed by atoms with Crippen LogP contribution in [0.1, 0.15) is 6.42 Å². The summed E-state index contributed by atoms with van der Waals surface area (Å²) in [5.41, 5.74) is 0. The zero-order valence-corrected chi connectivity index (χ0v) is 5.84. The Labute approximate surface area is 60.3 Å². The molecule has 2 heteroatoms. The summed E-state index contributed by atoms with van der Waals surface area (Å²) in [7, 11) is 0. The summed E-state index contributed by atoms with van der Waals surface area (Å²) in [6, 6.07) is 0.793. The van der Waals surface area contributed by atoms with E-state index in [1.807, 2.05) is 0 Å². The third-order valence-electron chi connectivity index (χ3n) is 2.75. The second-order valence-electron chi connectivity index (χ2n) is 3.49. The Hall–Kier alpha value is -0.500. The van der Waals surface area contributed by atoms with Crippen LogP contribution in [0.25, 0.3) is 0 Å². The van der Waals surface area contributed by atoms with Crippen LogP contribution < -0.4 is 5.32 Å². The Kier molecular flexibility index (Phi) is 0.810. The van der Waals surface area contributed by atoms with Crippen molar-refractivity contribution in [2.75, 3.05) is 13.2 Å². The Morgan fingerprint density at radius 1 is 1.60 bits per heavy atom. The van der Waals surface area contributed by atoms with E-state index in [2.05, 4.69) is 11.4 Å². The van der Waals surface area contributed by atoms with Gasteiger partial charge in [-0.15, -0.1) is 0 Å². The van der Waals surface area contributed by atoms with Crippen LogP contribution in [-0.2, 0) is 4.74 Å². The Bertz CT molecular complexity index is 195. The summed E-state index contributed by atoms with van der Waals surface area (Å²) < 4.78 is 5.30. The first-order chi connectivity index (χ1) is 4.93. The van der Waals surface area contributed by atoms with Gasteiger partial charge < -0.3 is 10.1 Å². The highest BCUT2D eigenvalue weighted by Gasteiger charge is 2.41. The van der Waals surface area contributed by atoms with Gasteiger partial charge in [-0.2, -0.15) is 0 Å². The highest BCUT2D eigenvalue weighted by Crippen LogP contribution is 2.41. The van der Waals surface area contributed by atoms with Gasteiger partial charge in [0.15, 0.2) is 0 Å². The van der Waals surface area contributed by atoms with Crippen LogP contribution in [0.15, 0.2) is 11.8 Å². The van der Waals surface area contributed by atoms with E-state index in [0.717, 1.165) is 24.5 Å². The van der Waals surface area contributed by atoms with E-state index >= 15 is 0 Å². The van der Waals surface area contributed by atoms with Gasteiger partial charge in [0.05, 0.1) is 18.3 Å². The molecule has 2 heterocycles. The second-order valence-corrected chi connectivity index (χ2v) is 3.49. The van der Waals surface area contributed by atoms with Crippen molar-refractivity contribution in [1.82, 2.24) is 5.32 Å². The van der Waals surface area contributed by atoms with Gasteiger partial charge in [0, 0.05) is 12.6 Å². The molecule has 2 saturated heterocycles. The molecule has 3 atom stereocenters. The zero-order valence-electron chi connectivity index (χ0n) is 5.84. The highest BCUT2D eigenvalue weighted by atomic mass is 16.5. The summed E-state index contributed by atoms with van der Waals surface area (Å²) in [6.07, 6.45) is 3.66. The lowest BCUT2D eigenvalue weighted by molar-refractivity contribution is 0.0540. The first kappa shape index (κ1) is 5.19. The third kappa shape index (κ3) is 0.574. The van der Waals surface area contributed by atoms with Crippen LogP contribution >= 0.6 is 0 Å². The fourth-order valence-electron chi connectivity index (χ4n) is 1.92. The lowest BCUT2D eigenvalue weighted by Crippen LogP contribution is -2.22. The first-order valence-corrected chi connectivity index (χ1v) is 4.01. The van der Waals surface area contributed by atoms with Crippen LogP contribution in [0.3, 0.4) is 0 Å². The minimum absolute atomic E-state index is 0.793. The molecule has 3 unspecified atom stereocenters. The van der Waals surface area contributed by atoms with Gasteiger partial charge in [-0.1, -0.05) is 0 Å². The zero-order chi connectivity index (χ0) is 6.55. The molecule has 0 spiro atoms. The largest absolute Gasteiger partial charge is 0.497 e. The monoisotopic (exact) mass is 137 g/mol. The van der Waals surface area contributed by atoms with E-state index in [9.17, 15) is 0 Å². The van der Waals surface area contributed by atoms with Gasteiger partial charge in [0.1, 0.15) is 0 Å². The average Bonchev–Trinajstić information content (AvgIpc) is 2.65. The minimum atomic E-state index is 0.793. The van der Waals surface area contributed by atoms with Crippen molar-refractivity contribution in [2.24, 2.45) is 11.8 Å². The maximum atomic E-state index is 5.30. The van der Waals surface area contributed by atoms with Crippen LogP contribution in [0.4, 0.5) is 0 Å². The topological polar surface area (TPSA) is 31.2 Å². The Morgan fingerprint density at radius 3 is 2.90 bits per heavy atom. The van der Waals surface area contributed by atoms with E-state index in [-0.39, 0.29) is 0 Å². The van der Waals surface area contributed by atoms with Gasteiger partial charge in [-0.05, 0) is 18.4 Å². The highest BCUT2D eigenvalue weighted by molar-refractivity contribution is 5.19. The molecular weight excluding hydrogens is 126 g/mol. The third-order valence-corrected chi connectivity index (χ3v) is 2.75. The fraction of sp³-hybridized carbons (Fsp3) is 0.750. The number of hydrogen-bond acceptors (Lipinski definition) is 2. The Balaban J connectivity index is 1.79. The standard InChI is InChI=1S/C8H11NO/c1-5(7-3-9-7)2-8-6(1)4-10-8/h2,5-7,9H,1,3-4H2. The summed E-state index contributed by atoms with van der Waals surface area (Å²) in [5, 5.41) is 3.35. The molecule has 1 N–H and O–H groups in total. The van der Waals surface area contributed by atoms with Gasteiger partial charge in [0.25, 0.3) is 0 Å². The molecular formula is C8H11NO. The molecule has 3 rings (SSSR count). The van der Waals surface area contributed by atoms with Crippen molar-refractivity contribution < 1.29 is 4.74 Å². The van der Waals surface area contributed by atoms with Crippen molar-refractivity contribution in [3.8, 4) is 0 Å². The smallest absolute Gasteiger partial charge is 0.0988 e. The molecule has 0 aromatic heterocycles. The van der Waals surface area contributed by atoms with Crippen LogP contribution in [0, 0.1) is 11.8 Å². The normalized spacial score (nSPS) is 48.8. The first-order valence-electron chi connectivity index (χ1n) is 4.01. The van der Waals surface area contributed by atoms with E-state index in [1.54, 1.807) is 0 Å². The SMILES string of the molecule is C1=C2OCC2CC1C1CN1. The molecule has 0 amide bonds. The summed E-state index contributed by atoms with van der Waals surface area (Å²) in [5.74, 6) is 2.87. The van der Waals surface area contributed by atoms with Crippen molar-refractivity contribution in [1.29, 1.82) is 0 Å². The molecule has 0 aromatic carbocycles. The lowest BCUT2D eigenvalue weighted by Gasteiger charge is -2.25. The van der Waals surface area contributed by atoms with Crippen LogP contribution in [0.2, 0.25) is 0 Å². The van der Waals surface area contributed by atoms with E-state index in [0.29, 0.717) is 0 Å². The van der Waals surface area contributed by atoms with Crippen LogP contribution in [0.5, 0.6) is 0 Å². The predicted octanol–water partition coefficient (Wildman–Crippen LogP) is 0.508. The number of fused-ring (bicyclic) bond motifs is 1. The molecule has 2 fully saturated rings. The van der Waals surface area contributed by atoms with E-state index in [4.69, 9.17) is 4.74 Å². The molecule has 10 heavy (non-hydrogen) atoms. The molecule has 1 aliphatic carbocycles. The molecule has 0 bridgehead atoms. The maximum absolute atomic E-state index is 5.30. The van der Waals surface area contributed by atoms with Crippen LogP contribution in [-0.4, -0.2) is 19.2 Å². The van der Waals surface area contributed by atoms with E-state index in [1.165, 1.54) is 18.7 Å². The summed E-state index contributed by atoms with van der Waals surface area (Å²) >= 11 is 0.